The van der Waals surface area contributed by atoms with E-state index >= 15 is 0 Å². The first-order valence-corrected chi connectivity index (χ1v) is 5.28. The summed E-state index contributed by atoms with van der Waals surface area (Å²) in [5.41, 5.74) is 6.95. The van der Waals surface area contributed by atoms with Gasteiger partial charge in [-0.05, 0) is 19.5 Å². The molecule has 1 aromatic rings. The van der Waals surface area contributed by atoms with E-state index in [-0.39, 0.29) is 6.04 Å². The van der Waals surface area contributed by atoms with E-state index in [1.807, 2.05) is 19.2 Å². The average Bonchev–Trinajstić information content (AvgIpc) is 2.75. The van der Waals surface area contributed by atoms with Gasteiger partial charge in [0.1, 0.15) is 5.82 Å². The number of pyridine rings is 1. The first kappa shape index (κ1) is 10.4. The summed E-state index contributed by atoms with van der Waals surface area (Å²) in [6.45, 7) is 1.66. The highest BCUT2D eigenvalue weighted by Crippen LogP contribution is 2.30. The van der Waals surface area contributed by atoms with Crippen LogP contribution in [0.25, 0.3) is 0 Å². The van der Waals surface area contributed by atoms with E-state index < -0.39 is 0 Å². The van der Waals surface area contributed by atoms with Crippen LogP contribution < -0.4 is 11.1 Å². The van der Waals surface area contributed by atoms with Crippen molar-refractivity contribution in [1.82, 2.24) is 10.3 Å². The van der Waals surface area contributed by atoms with Crippen molar-refractivity contribution < 1.29 is 4.74 Å². The van der Waals surface area contributed by atoms with Crippen molar-refractivity contribution in [3.8, 4) is 0 Å². The Morgan fingerprint density at radius 1 is 1.67 bits per heavy atom. The molecule has 1 fully saturated rings. The van der Waals surface area contributed by atoms with Crippen LogP contribution in [0, 0.1) is 5.92 Å². The highest BCUT2D eigenvalue weighted by Gasteiger charge is 2.27. The molecule has 82 valence electrons. The van der Waals surface area contributed by atoms with Crippen LogP contribution in [0.15, 0.2) is 18.3 Å². The van der Waals surface area contributed by atoms with Gasteiger partial charge in [-0.2, -0.15) is 0 Å². The minimum atomic E-state index is 0.251. The van der Waals surface area contributed by atoms with Crippen LogP contribution in [0.5, 0.6) is 0 Å². The molecule has 0 saturated carbocycles. The Kier molecular flexibility index (Phi) is 3.18. The summed E-state index contributed by atoms with van der Waals surface area (Å²) in [6.07, 6.45) is 2.80. The first-order chi connectivity index (χ1) is 7.33. The van der Waals surface area contributed by atoms with Crippen LogP contribution in [0.4, 0.5) is 5.82 Å². The van der Waals surface area contributed by atoms with Gasteiger partial charge in [0.15, 0.2) is 0 Å². The molecule has 0 spiro atoms. The Morgan fingerprint density at radius 2 is 2.53 bits per heavy atom. The summed E-state index contributed by atoms with van der Waals surface area (Å²) >= 11 is 0. The molecular formula is C11H17N3O. The Morgan fingerprint density at radius 3 is 3.13 bits per heavy atom. The summed E-state index contributed by atoms with van der Waals surface area (Å²) in [4.78, 5) is 4.12. The molecule has 0 aliphatic carbocycles. The highest BCUT2D eigenvalue weighted by atomic mass is 16.5. The van der Waals surface area contributed by atoms with Crippen molar-refractivity contribution >= 4 is 5.82 Å². The normalized spacial score (nSPS) is 22.9. The van der Waals surface area contributed by atoms with E-state index in [0.717, 1.165) is 25.2 Å². The summed E-state index contributed by atoms with van der Waals surface area (Å²) in [6, 6.07) is 4.20. The van der Waals surface area contributed by atoms with Crippen molar-refractivity contribution in [1.29, 1.82) is 0 Å². The lowest BCUT2D eigenvalue weighted by Gasteiger charge is -2.22. The van der Waals surface area contributed by atoms with E-state index in [9.17, 15) is 0 Å². The number of anilines is 1. The number of nitrogens with zero attached hydrogens (tertiary/aromatic N) is 1. The number of nitrogens with one attached hydrogen (secondary N) is 1. The van der Waals surface area contributed by atoms with Gasteiger partial charge < -0.3 is 15.8 Å². The summed E-state index contributed by atoms with van der Waals surface area (Å²) < 4.78 is 5.40. The molecule has 2 heterocycles. The van der Waals surface area contributed by atoms with Gasteiger partial charge in [-0.15, -0.1) is 0 Å². The Hall–Kier alpha value is -1.13. The fraction of sp³-hybridized carbons (Fsp3) is 0.545. The van der Waals surface area contributed by atoms with E-state index in [0.29, 0.717) is 11.7 Å². The van der Waals surface area contributed by atoms with E-state index in [1.54, 1.807) is 6.20 Å². The number of nitrogen functional groups attached to an aromatic ring is 1. The second kappa shape index (κ2) is 4.59. The Balaban J connectivity index is 2.22. The van der Waals surface area contributed by atoms with Crippen LogP contribution in [-0.2, 0) is 4.74 Å². The molecule has 4 nitrogen and oxygen atoms in total. The zero-order valence-electron chi connectivity index (χ0n) is 8.94. The molecule has 15 heavy (non-hydrogen) atoms. The van der Waals surface area contributed by atoms with Crippen LogP contribution in [0.2, 0.25) is 0 Å². The SMILES string of the molecule is CNC(c1cccnc1N)C1CCOC1. The van der Waals surface area contributed by atoms with Gasteiger partial charge in [-0.3, -0.25) is 0 Å². The van der Waals surface area contributed by atoms with Crippen molar-refractivity contribution in [3.63, 3.8) is 0 Å². The predicted molar refractivity (Wildman–Crippen MR) is 59.4 cm³/mol. The van der Waals surface area contributed by atoms with Gasteiger partial charge in [0.05, 0.1) is 6.61 Å². The maximum Gasteiger partial charge on any atom is 0.128 e. The fourth-order valence-electron chi connectivity index (χ4n) is 2.15. The molecule has 1 aliphatic heterocycles. The third kappa shape index (κ3) is 2.11. The van der Waals surface area contributed by atoms with Crippen LogP contribution in [0.3, 0.4) is 0 Å². The zero-order chi connectivity index (χ0) is 10.7. The molecule has 2 unspecified atom stereocenters. The standard InChI is InChI=1S/C11H17N3O/c1-13-10(8-4-6-15-7-8)9-3-2-5-14-11(9)12/h2-3,5,8,10,13H,4,6-7H2,1H3,(H2,12,14). The molecule has 1 aromatic heterocycles. The molecular weight excluding hydrogens is 190 g/mol. The number of nitrogens with two attached hydrogens (primary N) is 1. The number of ether oxygens (including phenoxy) is 1. The van der Waals surface area contributed by atoms with Gasteiger partial charge in [0.25, 0.3) is 0 Å². The molecule has 1 aliphatic rings. The maximum absolute atomic E-state index is 5.87. The minimum Gasteiger partial charge on any atom is -0.383 e. The largest absolute Gasteiger partial charge is 0.383 e. The second-order valence-electron chi connectivity index (χ2n) is 3.87. The fourth-order valence-corrected chi connectivity index (χ4v) is 2.15. The monoisotopic (exact) mass is 207 g/mol. The van der Waals surface area contributed by atoms with Gasteiger partial charge in [0.2, 0.25) is 0 Å². The third-order valence-corrected chi connectivity index (χ3v) is 2.95. The molecule has 4 heteroatoms. The molecule has 0 radical (unpaired) electrons. The number of hydrogen-bond acceptors (Lipinski definition) is 4. The van der Waals surface area contributed by atoms with Crippen molar-refractivity contribution in [2.45, 2.75) is 12.5 Å². The lowest BCUT2D eigenvalue weighted by molar-refractivity contribution is 0.178. The molecule has 1 saturated heterocycles. The van der Waals surface area contributed by atoms with Gasteiger partial charge in [0, 0.05) is 30.3 Å². The molecule has 2 atom stereocenters. The summed E-state index contributed by atoms with van der Waals surface area (Å²) in [7, 11) is 1.95. The lowest BCUT2D eigenvalue weighted by atomic mass is 9.93. The average molecular weight is 207 g/mol. The van der Waals surface area contributed by atoms with E-state index in [4.69, 9.17) is 10.5 Å². The lowest BCUT2D eigenvalue weighted by Crippen LogP contribution is -2.26. The van der Waals surface area contributed by atoms with Crippen molar-refractivity contribution in [2.75, 3.05) is 26.0 Å². The number of rotatable bonds is 3. The van der Waals surface area contributed by atoms with Gasteiger partial charge >= 0.3 is 0 Å². The van der Waals surface area contributed by atoms with Gasteiger partial charge in [-0.25, -0.2) is 4.98 Å². The summed E-state index contributed by atoms with van der Waals surface area (Å²) in [5.74, 6) is 1.12. The Bertz CT molecular complexity index is 323. The molecule has 0 amide bonds. The first-order valence-electron chi connectivity index (χ1n) is 5.28. The third-order valence-electron chi connectivity index (χ3n) is 2.95. The predicted octanol–water partition coefficient (Wildman–Crippen LogP) is 0.961. The smallest absolute Gasteiger partial charge is 0.128 e. The van der Waals surface area contributed by atoms with E-state index in [2.05, 4.69) is 10.3 Å². The van der Waals surface area contributed by atoms with Crippen LogP contribution in [-0.4, -0.2) is 25.2 Å². The number of hydrogen-bond donors (Lipinski definition) is 2. The van der Waals surface area contributed by atoms with Crippen molar-refractivity contribution in [2.24, 2.45) is 5.92 Å². The molecule has 0 aromatic carbocycles. The second-order valence-corrected chi connectivity index (χ2v) is 3.87. The molecule has 3 N–H and O–H groups in total. The van der Waals surface area contributed by atoms with Gasteiger partial charge in [-0.1, -0.05) is 6.07 Å². The topological polar surface area (TPSA) is 60.2 Å². The molecule has 0 bridgehead atoms. The highest BCUT2D eigenvalue weighted by molar-refractivity contribution is 5.41. The minimum absolute atomic E-state index is 0.251. The van der Waals surface area contributed by atoms with Crippen LogP contribution >= 0.6 is 0 Å². The Labute approximate surface area is 89.8 Å². The summed E-state index contributed by atoms with van der Waals surface area (Å²) in [5, 5.41) is 3.30. The van der Waals surface area contributed by atoms with E-state index in [1.165, 1.54) is 0 Å². The quantitative estimate of drug-likeness (QED) is 0.775. The molecule has 2 rings (SSSR count). The van der Waals surface area contributed by atoms with Crippen molar-refractivity contribution in [3.05, 3.63) is 23.9 Å². The van der Waals surface area contributed by atoms with Crippen LogP contribution in [0.1, 0.15) is 18.0 Å². The number of aromatic nitrogens is 1. The zero-order valence-corrected chi connectivity index (χ0v) is 8.94. The maximum atomic E-state index is 5.87.